The minimum absolute atomic E-state index is 0.00706. The van der Waals surface area contributed by atoms with Gasteiger partial charge < -0.3 is 10.2 Å². The molecule has 0 radical (unpaired) electrons. The van der Waals surface area contributed by atoms with E-state index >= 15 is 0 Å². The molecule has 2 aliphatic rings. The predicted molar refractivity (Wildman–Crippen MR) is 60.5 cm³/mol. The first kappa shape index (κ1) is 13.0. The Balaban J connectivity index is 1.99. The lowest BCUT2D eigenvalue weighted by Gasteiger charge is -2.21. The highest BCUT2D eigenvalue weighted by molar-refractivity contribution is 6.06. The Morgan fingerprint density at radius 3 is 2.50 bits per heavy atom. The monoisotopic (exact) mass is 255 g/mol. The van der Waals surface area contributed by atoms with Gasteiger partial charge in [-0.05, 0) is 12.8 Å². The number of hydrogen-bond donors (Lipinski definition) is 2. The number of hydrogen-bond acceptors (Lipinski definition) is 4. The highest BCUT2D eigenvalue weighted by Gasteiger charge is 2.52. The number of aliphatic carboxylic acids is 1. The van der Waals surface area contributed by atoms with E-state index in [1.54, 1.807) is 0 Å². The van der Waals surface area contributed by atoms with E-state index in [4.69, 9.17) is 10.2 Å². The predicted octanol–water partition coefficient (Wildman–Crippen LogP) is 0.141. The fraction of sp³-hybridized carbons (Fsp3) is 0.750. The minimum atomic E-state index is -1.52. The molecule has 18 heavy (non-hydrogen) atoms. The van der Waals surface area contributed by atoms with Gasteiger partial charge in [0.05, 0.1) is 5.41 Å². The quantitative estimate of drug-likeness (QED) is 0.697. The van der Waals surface area contributed by atoms with Crippen LogP contribution in [-0.4, -0.2) is 45.5 Å². The van der Waals surface area contributed by atoms with Crippen molar-refractivity contribution >= 4 is 17.8 Å². The van der Waals surface area contributed by atoms with E-state index in [2.05, 4.69) is 0 Å². The van der Waals surface area contributed by atoms with Gasteiger partial charge in [0.1, 0.15) is 0 Å². The third-order valence-electron chi connectivity index (χ3n) is 3.96. The standard InChI is InChI=1S/C12H17NO5/c14-8(10(16)17)3-6-13-9(15)7-12(11(13)18)4-1-2-5-12/h8,14H,1-7H2,(H,16,17). The fourth-order valence-corrected chi connectivity index (χ4v) is 2.90. The Morgan fingerprint density at radius 1 is 1.33 bits per heavy atom. The van der Waals surface area contributed by atoms with Crippen LogP contribution in [0.4, 0.5) is 0 Å². The zero-order valence-corrected chi connectivity index (χ0v) is 10.1. The molecule has 1 unspecified atom stereocenters. The lowest BCUT2D eigenvalue weighted by molar-refractivity contribution is -0.149. The lowest BCUT2D eigenvalue weighted by atomic mass is 9.84. The number of amides is 2. The van der Waals surface area contributed by atoms with Gasteiger partial charge in [0, 0.05) is 19.4 Å². The highest BCUT2D eigenvalue weighted by atomic mass is 16.4. The van der Waals surface area contributed by atoms with Crippen molar-refractivity contribution in [2.24, 2.45) is 5.41 Å². The first-order chi connectivity index (χ1) is 8.46. The summed E-state index contributed by atoms with van der Waals surface area (Å²) in [5.41, 5.74) is -0.523. The van der Waals surface area contributed by atoms with Crippen LogP contribution in [0.2, 0.25) is 0 Å². The Labute approximate surface area is 105 Å². The van der Waals surface area contributed by atoms with Gasteiger partial charge in [0.2, 0.25) is 11.8 Å². The van der Waals surface area contributed by atoms with Crippen molar-refractivity contribution < 1.29 is 24.6 Å². The zero-order valence-electron chi connectivity index (χ0n) is 10.1. The number of carboxylic acid groups (broad SMARTS) is 1. The summed E-state index contributed by atoms with van der Waals surface area (Å²) < 4.78 is 0. The smallest absolute Gasteiger partial charge is 0.332 e. The molecule has 0 aromatic carbocycles. The first-order valence-corrected chi connectivity index (χ1v) is 6.22. The number of carbonyl (C=O) groups excluding carboxylic acids is 2. The fourth-order valence-electron chi connectivity index (χ4n) is 2.90. The molecule has 100 valence electrons. The van der Waals surface area contributed by atoms with Gasteiger partial charge in [0.25, 0.3) is 0 Å². The molecule has 0 bridgehead atoms. The number of carbonyl (C=O) groups is 3. The van der Waals surface area contributed by atoms with Crippen molar-refractivity contribution in [2.75, 3.05) is 6.54 Å². The second kappa shape index (κ2) is 4.68. The molecule has 2 fully saturated rings. The van der Waals surface area contributed by atoms with Gasteiger partial charge in [-0.25, -0.2) is 4.79 Å². The third-order valence-corrected chi connectivity index (χ3v) is 3.96. The summed E-state index contributed by atoms with van der Waals surface area (Å²) in [6.45, 7) is -0.00706. The van der Waals surface area contributed by atoms with Gasteiger partial charge in [-0.2, -0.15) is 0 Å². The van der Waals surface area contributed by atoms with Gasteiger partial charge in [-0.15, -0.1) is 0 Å². The molecule has 1 heterocycles. The summed E-state index contributed by atoms with van der Waals surface area (Å²) in [7, 11) is 0. The maximum absolute atomic E-state index is 12.2. The normalized spacial score (nSPS) is 23.9. The van der Waals surface area contributed by atoms with E-state index < -0.39 is 17.5 Å². The summed E-state index contributed by atoms with van der Waals surface area (Å²) in [5, 5.41) is 17.7. The van der Waals surface area contributed by atoms with E-state index in [-0.39, 0.29) is 31.2 Å². The number of imide groups is 1. The van der Waals surface area contributed by atoms with Gasteiger partial charge in [0.15, 0.2) is 6.10 Å². The average molecular weight is 255 g/mol. The Morgan fingerprint density at radius 2 is 1.94 bits per heavy atom. The largest absolute Gasteiger partial charge is 0.479 e. The number of carboxylic acids is 1. The molecule has 0 aromatic rings. The maximum Gasteiger partial charge on any atom is 0.332 e. The van der Waals surface area contributed by atoms with Gasteiger partial charge in [-0.1, -0.05) is 12.8 Å². The van der Waals surface area contributed by atoms with Crippen LogP contribution in [-0.2, 0) is 14.4 Å². The molecular formula is C12H17NO5. The molecule has 0 aromatic heterocycles. The van der Waals surface area contributed by atoms with Crippen LogP contribution in [0.1, 0.15) is 38.5 Å². The topological polar surface area (TPSA) is 94.9 Å². The molecule has 2 rings (SSSR count). The first-order valence-electron chi connectivity index (χ1n) is 6.22. The van der Waals surface area contributed by atoms with Crippen molar-refractivity contribution in [1.29, 1.82) is 0 Å². The van der Waals surface area contributed by atoms with Crippen molar-refractivity contribution in [3.63, 3.8) is 0 Å². The molecule has 1 saturated carbocycles. The van der Waals surface area contributed by atoms with Crippen molar-refractivity contribution in [3.05, 3.63) is 0 Å². The summed E-state index contributed by atoms with van der Waals surface area (Å²) in [6, 6.07) is 0. The third kappa shape index (κ3) is 2.12. The highest BCUT2D eigenvalue weighted by Crippen LogP contribution is 2.46. The summed E-state index contributed by atoms with van der Waals surface area (Å²) in [6.07, 6.45) is 2.03. The van der Waals surface area contributed by atoms with Crippen LogP contribution >= 0.6 is 0 Å². The van der Waals surface area contributed by atoms with E-state index in [0.29, 0.717) is 0 Å². The van der Waals surface area contributed by atoms with Crippen LogP contribution in [0.5, 0.6) is 0 Å². The number of aliphatic hydroxyl groups excluding tert-OH is 1. The summed E-state index contributed by atoms with van der Waals surface area (Å²) in [4.78, 5) is 35.6. The average Bonchev–Trinajstić information content (AvgIpc) is 2.85. The van der Waals surface area contributed by atoms with Crippen molar-refractivity contribution in [2.45, 2.75) is 44.6 Å². The van der Waals surface area contributed by atoms with Crippen LogP contribution in [0.15, 0.2) is 0 Å². The van der Waals surface area contributed by atoms with Crippen LogP contribution in [0, 0.1) is 5.41 Å². The molecule has 1 atom stereocenters. The second-order valence-electron chi connectivity index (χ2n) is 5.16. The molecule has 1 aliphatic carbocycles. The molecule has 1 aliphatic heterocycles. The number of aliphatic hydroxyl groups is 1. The van der Waals surface area contributed by atoms with E-state index in [1.165, 1.54) is 0 Å². The number of nitrogens with zero attached hydrogens (tertiary/aromatic N) is 1. The summed E-state index contributed by atoms with van der Waals surface area (Å²) >= 11 is 0. The van der Waals surface area contributed by atoms with Gasteiger partial charge >= 0.3 is 5.97 Å². The zero-order chi connectivity index (χ0) is 13.3. The van der Waals surface area contributed by atoms with Crippen molar-refractivity contribution in [3.8, 4) is 0 Å². The summed E-state index contributed by atoms with van der Waals surface area (Å²) in [5.74, 6) is -1.74. The molecule has 1 saturated heterocycles. The van der Waals surface area contributed by atoms with E-state index in [0.717, 1.165) is 30.6 Å². The SMILES string of the molecule is O=C(O)C(O)CCN1C(=O)CC2(CCCC2)C1=O. The van der Waals surface area contributed by atoms with Gasteiger partial charge in [-0.3, -0.25) is 14.5 Å². The number of likely N-dealkylation sites (tertiary alicyclic amines) is 1. The molecular weight excluding hydrogens is 238 g/mol. The maximum atomic E-state index is 12.2. The molecule has 6 nitrogen and oxygen atoms in total. The molecule has 2 N–H and O–H groups in total. The van der Waals surface area contributed by atoms with Crippen LogP contribution in [0.25, 0.3) is 0 Å². The van der Waals surface area contributed by atoms with E-state index in [9.17, 15) is 14.4 Å². The minimum Gasteiger partial charge on any atom is -0.479 e. The molecule has 2 amide bonds. The van der Waals surface area contributed by atoms with Crippen LogP contribution in [0.3, 0.4) is 0 Å². The van der Waals surface area contributed by atoms with Crippen LogP contribution < -0.4 is 0 Å². The molecule has 6 heteroatoms. The number of rotatable bonds is 4. The Hall–Kier alpha value is -1.43. The Bertz CT molecular complexity index is 386. The molecule has 1 spiro atoms. The van der Waals surface area contributed by atoms with E-state index in [1.807, 2.05) is 0 Å². The van der Waals surface area contributed by atoms with Crippen molar-refractivity contribution in [1.82, 2.24) is 4.90 Å². The lowest BCUT2D eigenvalue weighted by Crippen LogP contribution is -2.37. The Kier molecular flexibility index (Phi) is 3.38. The second-order valence-corrected chi connectivity index (χ2v) is 5.16.